The predicted molar refractivity (Wildman–Crippen MR) is 68.7 cm³/mol. The maximum absolute atomic E-state index is 11.7. The van der Waals surface area contributed by atoms with Gasteiger partial charge in [-0.3, -0.25) is 9.59 Å². The molecule has 5 nitrogen and oxygen atoms in total. The number of methoxy groups -OCH3 is 1. The molecule has 0 aromatic carbocycles. The van der Waals surface area contributed by atoms with Crippen LogP contribution in [0, 0.1) is 12.5 Å². The van der Waals surface area contributed by atoms with Crippen LogP contribution >= 0.6 is 0 Å². The van der Waals surface area contributed by atoms with Crippen LogP contribution in [0.3, 0.4) is 0 Å². The SMILES string of the molecule is [C-]#[N+][C@@H](C)CC(=O)N[C@H](CC(=O)OC)CC(C)C. The average molecular weight is 254 g/mol. The lowest BCUT2D eigenvalue weighted by Gasteiger charge is -2.19. The number of nitrogens with zero attached hydrogens (tertiary/aromatic N) is 1. The first kappa shape index (κ1) is 16.4. The fourth-order valence-electron chi connectivity index (χ4n) is 1.65. The topological polar surface area (TPSA) is 59.8 Å². The number of hydrogen-bond donors (Lipinski definition) is 1. The molecule has 0 aromatic heterocycles. The Morgan fingerprint density at radius 3 is 2.33 bits per heavy atom. The molecule has 1 amide bonds. The minimum Gasteiger partial charge on any atom is -0.469 e. The third-order valence-corrected chi connectivity index (χ3v) is 2.46. The smallest absolute Gasteiger partial charge is 0.307 e. The van der Waals surface area contributed by atoms with Gasteiger partial charge in [-0.1, -0.05) is 13.8 Å². The summed E-state index contributed by atoms with van der Waals surface area (Å²) in [5, 5.41) is 2.80. The zero-order valence-corrected chi connectivity index (χ0v) is 11.5. The fourth-order valence-corrected chi connectivity index (χ4v) is 1.65. The van der Waals surface area contributed by atoms with Crippen molar-refractivity contribution in [2.45, 2.75) is 52.1 Å². The van der Waals surface area contributed by atoms with Gasteiger partial charge in [0, 0.05) is 13.0 Å². The highest BCUT2D eigenvalue weighted by Gasteiger charge is 2.20. The van der Waals surface area contributed by atoms with E-state index in [2.05, 4.69) is 14.9 Å². The van der Waals surface area contributed by atoms with E-state index in [4.69, 9.17) is 6.57 Å². The van der Waals surface area contributed by atoms with Gasteiger partial charge in [0.2, 0.25) is 11.9 Å². The summed E-state index contributed by atoms with van der Waals surface area (Å²) < 4.78 is 4.61. The summed E-state index contributed by atoms with van der Waals surface area (Å²) in [6.45, 7) is 12.6. The summed E-state index contributed by atoms with van der Waals surface area (Å²) in [5.41, 5.74) is 0. The van der Waals surface area contributed by atoms with E-state index >= 15 is 0 Å². The van der Waals surface area contributed by atoms with Crippen LogP contribution in [0.1, 0.15) is 40.0 Å². The fraction of sp³-hybridized carbons (Fsp3) is 0.769. The molecule has 0 aliphatic carbocycles. The van der Waals surface area contributed by atoms with Crippen molar-refractivity contribution in [1.29, 1.82) is 0 Å². The van der Waals surface area contributed by atoms with E-state index in [1.165, 1.54) is 7.11 Å². The van der Waals surface area contributed by atoms with Crippen LogP contribution in [0.2, 0.25) is 0 Å². The number of carbonyl (C=O) groups excluding carboxylic acids is 2. The van der Waals surface area contributed by atoms with Crippen molar-refractivity contribution in [2.75, 3.05) is 7.11 Å². The highest BCUT2D eigenvalue weighted by Crippen LogP contribution is 2.09. The molecule has 0 unspecified atom stereocenters. The third kappa shape index (κ3) is 7.66. The van der Waals surface area contributed by atoms with Crippen molar-refractivity contribution in [3.05, 3.63) is 11.4 Å². The molecule has 0 fully saturated rings. The van der Waals surface area contributed by atoms with Gasteiger partial charge in [0.05, 0.1) is 13.5 Å². The Balaban J connectivity index is 4.35. The van der Waals surface area contributed by atoms with E-state index in [1.807, 2.05) is 13.8 Å². The molecule has 0 radical (unpaired) electrons. The Morgan fingerprint density at radius 2 is 1.89 bits per heavy atom. The Bertz CT molecular complexity index is 321. The van der Waals surface area contributed by atoms with E-state index in [1.54, 1.807) is 6.92 Å². The molecule has 18 heavy (non-hydrogen) atoms. The molecule has 0 heterocycles. The summed E-state index contributed by atoms with van der Waals surface area (Å²) in [6, 6.07) is -0.550. The van der Waals surface area contributed by atoms with Gasteiger partial charge in [0.1, 0.15) is 6.42 Å². The van der Waals surface area contributed by atoms with Crippen molar-refractivity contribution < 1.29 is 14.3 Å². The van der Waals surface area contributed by atoms with Gasteiger partial charge in [-0.25, -0.2) is 6.57 Å². The highest BCUT2D eigenvalue weighted by molar-refractivity contribution is 5.78. The maximum atomic E-state index is 11.7. The highest BCUT2D eigenvalue weighted by atomic mass is 16.5. The Hall–Kier alpha value is -1.57. The number of carbonyl (C=O) groups is 2. The van der Waals surface area contributed by atoms with Gasteiger partial charge in [0.25, 0.3) is 0 Å². The van der Waals surface area contributed by atoms with Crippen molar-refractivity contribution in [2.24, 2.45) is 5.92 Å². The zero-order chi connectivity index (χ0) is 14.1. The predicted octanol–water partition coefficient (Wildman–Crippen LogP) is 1.78. The lowest BCUT2D eigenvalue weighted by atomic mass is 10.0. The second-order valence-corrected chi connectivity index (χ2v) is 4.86. The molecule has 0 rings (SSSR count). The zero-order valence-electron chi connectivity index (χ0n) is 11.5. The van der Waals surface area contributed by atoms with Crippen LogP contribution in [-0.4, -0.2) is 31.1 Å². The summed E-state index contributed by atoms with van der Waals surface area (Å²) in [7, 11) is 1.33. The van der Waals surface area contributed by atoms with Gasteiger partial charge < -0.3 is 14.9 Å². The molecular weight excluding hydrogens is 232 g/mol. The Kier molecular flexibility index (Phi) is 7.77. The average Bonchev–Trinajstić information content (AvgIpc) is 2.27. The standard InChI is InChI=1S/C13H22N2O3/c1-9(2)6-11(8-13(17)18-5)15-12(16)7-10(3)14-4/h9-11H,6-8H2,1-3,5H3,(H,15,16)/t10-,11-/m0/s1. The molecule has 1 N–H and O–H groups in total. The molecule has 0 saturated heterocycles. The van der Waals surface area contributed by atoms with Gasteiger partial charge in [-0.15, -0.1) is 0 Å². The lowest BCUT2D eigenvalue weighted by Crippen LogP contribution is -2.38. The van der Waals surface area contributed by atoms with Crippen LogP contribution < -0.4 is 5.32 Å². The summed E-state index contributed by atoms with van der Waals surface area (Å²) in [5.74, 6) is -0.148. The molecular formula is C13H22N2O3. The molecule has 0 spiro atoms. The minimum atomic E-state index is -0.334. The number of esters is 1. The first-order valence-electron chi connectivity index (χ1n) is 6.11. The van der Waals surface area contributed by atoms with Crippen molar-refractivity contribution in [3.8, 4) is 0 Å². The van der Waals surface area contributed by atoms with Crippen LogP contribution in [0.4, 0.5) is 0 Å². The molecule has 2 atom stereocenters. The Morgan fingerprint density at radius 1 is 1.28 bits per heavy atom. The summed E-state index contributed by atoms with van der Waals surface area (Å²) >= 11 is 0. The molecule has 0 bridgehead atoms. The van der Waals surface area contributed by atoms with Crippen LogP contribution in [0.5, 0.6) is 0 Å². The number of nitrogens with one attached hydrogen (secondary N) is 1. The Labute approximate surface area is 109 Å². The van der Waals surface area contributed by atoms with E-state index < -0.39 is 0 Å². The van der Waals surface area contributed by atoms with E-state index in [-0.39, 0.29) is 36.8 Å². The molecule has 0 saturated carbocycles. The van der Waals surface area contributed by atoms with Gasteiger partial charge >= 0.3 is 5.97 Å². The molecule has 0 aromatic rings. The number of rotatable bonds is 7. The first-order chi connectivity index (χ1) is 8.38. The first-order valence-corrected chi connectivity index (χ1v) is 6.11. The van der Waals surface area contributed by atoms with E-state index in [0.717, 1.165) is 0 Å². The second kappa shape index (κ2) is 8.51. The minimum absolute atomic E-state index is 0.166. The van der Waals surface area contributed by atoms with Crippen molar-refractivity contribution in [1.82, 2.24) is 5.32 Å². The van der Waals surface area contributed by atoms with Gasteiger partial charge in [-0.2, -0.15) is 0 Å². The summed E-state index contributed by atoms with van der Waals surface area (Å²) in [4.78, 5) is 26.2. The van der Waals surface area contributed by atoms with E-state index in [0.29, 0.717) is 12.3 Å². The monoisotopic (exact) mass is 254 g/mol. The third-order valence-electron chi connectivity index (χ3n) is 2.46. The van der Waals surface area contributed by atoms with Crippen molar-refractivity contribution >= 4 is 11.9 Å². The van der Waals surface area contributed by atoms with Crippen molar-refractivity contribution in [3.63, 3.8) is 0 Å². The second-order valence-electron chi connectivity index (χ2n) is 4.86. The number of amides is 1. The van der Waals surface area contributed by atoms with Crippen LogP contribution in [-0.2, 0) is 14.3 Å². The van der Waals surface area contributed by atoms with Gasteiger partial charge in [0.15, 0.2) is 0 Å². The maximum Gasteiger partial charge on any atom is 0.307 e. The van der Waals surface area contributed by atoms with Crippen LogP contribution in [0.15, 0.2) is 0 Å². The number of hydrogen-bond acceptors (Lipinski definition) is 3. The quantitative estimate of drug-likeness (QED) is 0.556. The normalized spacial score (nSPS) is 13.6. The molecule has 102 valence electrons. The molecule has 0 aliphatic heterocycles. The number of ether oxygens (including phenoxy) is 1. The lowest BCUT2D eigenvalue weighted by molar-refractivity contribution is -0.141. The molecule has 0 aliphatic rings. The van der Waals surface area contributed by atoms with Gasteiger partial charge in [-0.05, 0) is 12.3 Å². The summed E-state index contributed by atoms with van der Waals surface area (Å²) in [6.07, 6.45) is 1.05. The van der Waals surface area contributed by atoms with Crippen LogP contribution in [0.25, 0.3) is 4.85 Å². The van der Waals surface area contributed by atoms with E-state index in [9.17, 15) is 9.59 Å². The molecule has 5 heteroatoms. The largest absolute Gasteiger partial charge is 0.469 e.